The number of amides is 1. The first-order valence-electron chi connectivity index (χ1n) is 22.4. The number of methoxy groups -OCH3 is 1. The number of piperidine rings is 2. The molecule has 0 spiro atoms. The average molecular weight is 869 g/mol. The fourth-order valence-corrected chi connectivity index (χ4v) is 10.3. The number of benzene rings is 2. The smallest absolute Gasteiger partial charge is 0.271 e. The maximum absolute atomic E-state index is 14.3. The first kappa shape index (κ1) is 43.3. The summed E-state index contributed by atoms with van der Waals surface area (Å²) in [6.45, 7) is 7.29. The van der Waals surface area contributed by atoms with Crippen LogP contribution in [0.1, 0.15) is 79.0 Å². The molecule has 338 valence electrons. The molecule has 3 saturated heterocycles. The van der Waals surface area contributed by atoms with Crippen LogP contribution in [0.4, 0.5) is 23.0 Å². The molecule has 5 atom stereocenters. The molecule has 63 heavy (non-hydrogen) atoms. The molecule has 1 aromatic heterocycles. The topological polar surface area (TPSA) is 232 Å². The Morgan fingerprint density at radius 1 is 0.952 bits per heavy atom. The van der Waals surface area contributed by atoms with E-state index in [4.69, 9.17) is 24.9 Å². The van der Waals surface area contributed by atoms with Crippen LogP contribution >= 0.6 is 0 Å². The van der Waals surface area contributed by atoms with Gasteiger partial charge >= 0.3 is 0 Å². The number of carbonyl (C=O) groups excluding carboxylic acids is 2. The summed E-state index contributed by atoms with van der Waals surface area (Å²) in [7, 11) is 1.65. The van der Waals surface area contributed by atoms with Gasteiger partial charge in [-0.1, -0.05) is 19.1 Å². The Morgan fingerprint density at radius 3 is 2.51 bits per heavy atom. The summed E-state index contributed by atoms with van der Waals surface area (Å²) in [4.78, 5) is 42.8. The van der Waals surface area contributed by atoms with Gasteiger partial charge in [-0.3, -0.25) is 24.7 Å². The summed E-state index contributed by atoms with van der Waals surface area (Å²) >= 11 is 0. The molecule has 7 heterocycles. The van der Waals surface area contributed by atoms with Crippen LogP contribution in [0.15, 0.2) is 47.5 Å². The molecule has 0 aliphatic carbocycles. The summed E-state index contributed by atoms with van der Waals surface area (Å²) in [6, 6.07) is 11.0. The number of primary amides is 1. The minimum absolute atomic E-state index is 0.00443. The van der Waals surface area contributed by atoms with Crippen molar-refractivity contribution in [1.29, 1.82) is 0 Å². The van der Waals surface area contributed by atoms with E-state index in [1.165, 1.54) is 5.57 Å². The van der Waals surface area contributed by atoms with Crippen LogP contribution in [-0.2, 0) is 22.5 Å². The molecule has 9 N–H and O–H groups in total. The second-order valence-electron chi connectivity index (χ2n) is 17.4. The van der Waals surface area contributed by atoms with Crippen LogP contribution in [0.2, 0.25) is 0 Å². The van der Waals surface area contributed by atoms with Gasteiger partial charge in [-0.15, -0.1) is 0 Å². The molecule has 1 amide bonds. The number of ketones is 1. The summed E-state index contributed by atoms with van der Waals surface area (Å²) in [5.74, 6) is 1.46. The molecule has 5 unspecified atom stereocenters. The minimum Gasteiger partial charge on any atom is -0.495 e. The highest BCUT2D eigenvalue weighted by Crippen LogP contribution is 2.41. The summed E-state index contributed by atoms with van der Waals surface area (Å²) in [5.41, 5.74) is 12.1. The van der Waals surface area contributed by atoms with E-state index in [0.717, 1.165) is 68.7 Å². The van der Waals surface area contributed by atoms with Gasteiger partial charge in [0.1, 0.15) is 36.8 Å². The van der Waals surface area contributed by atoms with Crippen LogP contribution in [-0.4, -0.2) is 143 Å². The van der Waals surface area contributed by atoms with Crippen molar-refractivity contribution >= 4 is 34.7 Å². The van der Waals surface area contributed by atoms with Crippen LogP contribution in [0.25, 0.3) is 0 Å². The van der Waals surface area contributed by atoms with Gasteiger partial charge in [0.25, 0.3) is 5.91 Å². The first-order valence-corrected chi connectivity index (χ1v) is 22.4. The molecule has 9 rings (SSSR count). The molecule has 2 aromatic carbocycles. The Hall–Kier alpha value is -4.92. The fraction of sp³-hybridized carbons (Fsp3) is 0.556. The third kappa shape index (κ3) is 8.83. The number of hydrogen-bond acceptors (Lipinski definition) is 17. The van der Waals surface area contributed by atoms with E-state index in [2.05, 4.69) is 36.1 Å². The molecule has 18 heteroatoms. The van der Waals surface area contributed by atoms with Crippen molar-refractivity contribution in [1.82, 2.24) is 30.4 Å². The number of aromatic nitrogens is 2. The molecular formula is C45H60N10O8. The quantitative estimate of drug-likeness (QED) is 0.108. The van der Waals surface area contributed by atoms with Crippen LogP contribution in [0.3, 0.4) is 0 Å². The fourth-order valence-electron chi connectivity index (χ4n) is 10.3. The Morgan fingerprint density at radius 2 is 1.76 bits per heavy atom. The number of aliphatic hydroxyl groups excluding tert-OH is 3. The number of nitrogens with zero attached hydrogens (tertiary/aromatic N) is 5. The van der Waals surface area contributed by atoms with E-state index in [0.29, 0.717) is 79.8 Å². The third-order valence-corrected chi connectivity index (χ3v) is 13.6. The summed E-state index contributed by atoms with van der Waals surface area (Å²) < 4.78 is 17.8. The molecular weight excluding hydrogens is 809 g/mol. The van der Waals surface area contributed by atoms with Crippen LogP contribution < -0.4 is 41.4 Å². The van der Waals surface area contributed by atoms with Gasteiger partial charge in [-0.25, -0.2) is 9.97 Å². The molecule has 6 aliphatic rings. The number of carbonyl (C=O) groups is 2. The minimum atomic E-state index is -0.986. The van der Waals surface area contributed by atoms with Crippen molar-refractivity contribution in [2.24, 2.45) is 5.73 Å². The number of aliphatic hydroxyl groups is 3. The zero-order chi connectivity index (χ0) is 43.8. The maximum atomic E-state index is 14.3. The zero-order valence-electron chi connectivity index (χ0n) is 36.0. The molecule has 18 nitrogen and oxygen atoms in total. The lowest BCUT2D eigenvalue weighted by molar-refractivity contribution is -0.125. The van der Waals surface area contributed by atoms with E-state index < -0.39 is 24.6 Å². The first-order chi connectivity index (χ1) is 30.6. The van der Waals surface area contributed by atoms with Crippen molar-refractivity contribution in [2.75, 3.05) is 75.2 Å². The number of anilines is 4. The number of Topliss-reactive ketones (excluding diaryl/α,β-unsaturated/α-hetero) is 1. The van der Waals surface area contributed by atoms with Crippen molar-refractivity contribution < 1.29 is 39.1 Å². The average Bonchev–Trinajstić information content (AvgIpc) is 4.00. The molecule has 6 aliphatic heterocycles. The number of fused-ring (bicyclic) bond motifs is 1. The number of hydrogen-bond donors (Lipinski definition) is 8. The van der Waals surface area contributed by atoms with Crippen LogP contribution in [0.5, 0.6) is 11.5 Å². The number of ether oxygens (including phenoxy) is 3. The van der Waals surface area contributed by atoms with E-state index >= 15 is 0 Å². The number of nitrogens with two attached hydrogens (primary N) is 1. The second kappa shape index (κ2) is 18.7. The monoisotopic (exact) mass is 868 g/mol. The van der Waals surface area contributed by atoms with E-state index in [9.17, 15) is 24.9 Å². The maximum Gasteiger partial charge on any atom is 0.271 e. The zero-order valence-corrected chi connectivity index (χ0v) is 36.0. The molecule has 3 aromatic rings. The van der Waals surface area contributed by atoms with Crippen LogP contribution in [0, 0.1) is 0 Å². The van der Waals surface area contributed by atoms with Gasteiger partial charge < -0.3 is 56.1 Å². The number of aryl methyl sites for hydroxylation is 1. The lowest BCUT2D eigenvalue weighted by atomic mass is 9.98. The van der Waals surface area contributed by atoms with Gasteiger partial charge in [0.2, 0.25) is 0 Å². The molecule has 0 bridgehead atoms. The molecule has 0 saturated carbocycles. The summed E-state index contributed by atoms with van der Waals surface area (Å²) in [5, 5.41) is 44.9. The standard InChI is InChI=1S/C45H60N10O8/c1-3-32-42(48-26-13-17-62-18-14-26)52-43(39(50-32)41(46)58)49-27-7-8-33(37(19-27)61-2)53-15-11-28(12-16-53)54-22-25-20-47-21-30(25)40(54)35(56)24-63-36-6-4-5-29-31(36)23-55(45(29)60)34-9-10-38(57)51-44(34)59/h4-8,19,26,28,34,38,40,44-45,47,51,57,59-60H,3,9-18,20-24H2,1-2H3,(H2,46,58)(H2,48,49,52). The van der Waals surface area contributed by atoms with Gasteiger partial charge in [-0.05, 0) is 74.3 Å². The molecule has 3 fully saturated rings. The third-order valence-electron chi connectivity index (χ3n) is 13.6. The Bertz CT molecular complexity index is 2210. The van der Waals surface area contributed by atoms with Crippen molar-refractivity contribution in [3.63, 3.8) is 0 Å². The van der Waals surface area contributed by atoms with E-state index in [-0.39, 0.29) is 48.1 Å². The Kier molecular flexibility index (Phi) is 12.8. The second-order valence-corrected chi connectivity index (χ2v) is 17.4. The van der Waals surface area contributed by atoms with E-state index in [1.807, 2.05) is 48.2 Å². The SMILES string of the molecule is CCc1nc(C(N)=O)c(Nc2ccc(N3CCC(N4CC5=C(CNC5)C4C(=O)COc4cccc5c4CN(C4CCC(O)NC4O)C5O)CC3)c(OC)c2)nc1NC1CCOCC1. The predicted molar refractivity (Wildman–Crippen MR) is 235 cm³/mol. The van der Waals surface area contributed by atoms with Crippen molar-refractivity contribution in [2.45, 2.75) is 101 Å². The molecule has 0 radical (unpaired) electrons. The van der Waals surface area contributed by atoms with Gasteiger partial charge in [0, 0.05) is 87.4 Å². The van der Waals surface area contributed by atoms with Gasteiger partial charge in [0.15, 0.2) is 23.1 Å². The van der Waals surface area contributed by atoms with Gasteiger partial charge in [-0.2, -0.15) is 0 Å². The van der Waals surface area contributed by atoms with Gasteiger partial charge in [0.05, 0.1) is 30.6 Å². The normalized spacial score (nSPS) is 25.9. The Balaban J connectivity index is 0.851. The highest BCUT2D eigenvalue weighted by molar-refractivity contribution is 5.96. The number of rotatable bonds is 14. The largest absolute Gasteiger partial charge is 0.495 e. The highest BCUT2D eigenvalue weighted by atomic mass is 16.5. The summed E-state index contributed by atoms with van der Waals surface area (Å²) in [6.07, 6.45) is 2.28. The van der Waals surface area contributed by atoms with Crippen molar-refractivity contribution in [3.8, 4) is 11.5 Å². The van der Waals surface area contributed by atoms with E-state index in [1.54, 1.807) is 7.11 Å². The predicted octanol–water partition coefficient (Wildman–Crippen LogP) is 1.88. The lowest BCUT2D eigenvalue weighted by Gasteiger charge is -2.41. The van der Waals surface area contributed by atoms with Crippen molar-refractivity contribution in [3.05, 3.63) is 70.1 Å². The number of nitrogens with one attached hydrogen (secondary N) is 4. The Labute approximate surface area is 367 Å². The highest BCUT2D eigenvalue weighted by Gasteiger charge is 2.44. The lowest BCUT2D eigenvalue weighted by Crippen LogP contribution is -2.56.